The fraction of sp³-hybridized carbons (Fsp3) is 1.00. The van der Waals surface area contributed by atoms with Crippen LogP contribution in [0.5, 0.6) is 0 Å². The largest absolute Gasteiger partial charge is 0.384 e. The van der Waals surface area contributed by atoms with E-state index in [0.29, 0.717) is 11.3 Å². The van der Waals surface area contributed by atoms with Gasteiger partial charge in [-0.2, -0.15) is 0 Å². The van der Waals surface area contributed by atoms with Crippen LogP contribution in [-0.4, -0.2) is 44.8 Å². The molecule has 0 bridgehead atoms. The Kier molecular flexibility index (Phi) is 4.35. The van der Waals surface area contributed by atoms with Crippen molar-refractivity contribution in [3.8, 4) is 0 Å². The Balaban J connectivity index is 2.40. The third-order valence-electron chi connectivity index (χ3n) is 3.26. The van der Waals surface area contributed by atoms with Gasteiger partial charge in [0.25, 0.3) is 0 Å². The second kappa shape index (κ2) is 5.10. The Labute approximate surface area is 87.6 Å². The normalized spacial score (nSPS) is 27.0. The van der Waals surface area contributed by atoms with E-state index in [1.54, 1.807) is 7.11 Å². The van der Waals surface area contributed by atoms with Crippen molar-refractivity contribution in [2.45, 2.75) is 20.3 Å². The first-order valence-corrected chi connectivity index (χ1v) is 5.51. The number of nitrogens with zero attached hydrogens (tertiary/aromatic N) is 1. The van der Waals surface area contributed by atoms with Crippen LogP contribution < -0.4 is 5.73 Å². The van der Waals surface area contributed by atoms with Crippen LogP contribution in [0.1, 0.15) is 20.3 Å². The molecule has 0 aromatic carbocycles. The zero-order chi connectivity index (χ0) is 10.6. The third-order valence-corrected chi connectivity index (χ3v) is 3.26. The highest BCUT2D eigenvalue weighted by Crippen LogP contribution is 2.35. The van der Waals surface area contributed by atoms with Crippen molar-refractivity contribution in [1.82, 2.24) is 4.90 Å². The standard InChI is InChI=1S/C11H24N2O/c1-11(2)9-13(6-4-5-12)7-10(11)8-14-3/h10H,4-9,12H2,1-3H3/t10-/m1/s1. The molecular weight excluding hydrogens is 176 g/mol. The number of likely N-dealkylation sites (tertiary alicyclic amines) is 1. The summed E-state index contributed by atoms with van der Waals surface area (Å²) in [6.07, 6.45) is 1.11. The van der Waals surface area contributed by atoms with Gasteiger partial charge in [-0.05, 0) is 24.9 Å². The van der Waals surface area contributed by atoms with E-state index in [1.165, 1.54) is 13.1 Å². The molecule has 0 aliphatic carbocycles. The van der Waals surface area contributed by atoms with Crippen molar-refractivity contribution in [2.75, 3.05) is 39.9 Å². The van der Waals surface area contributed by atoms with E-state index >= 15 is 0 Å². The van der Waals surface area contributed by atoms with Gasteiger partial charge in [0.05, 0.1) is 6.61 Å². The number of hydrogen-bond acceptors (Lipinski definition) is 3. The van der Waals surface area contributed by atoms with Crippen LogP contribution >= 0.6 is 0 Å². The Morgan fingerprint density at radius 1 is 1.50 bits per heavy atom. The summed E-state index contributed by atoms with van der Waals surface area (Å²) in [5, 5.41) is 0. The summed E-state index contributed by atoms with van der Waals surface area (Å²) in [6, 6.07) is 0. The molecule has 0 spiro atoms. The monoisotopic (exact) mass is 200 g/mol. The summed E-state index contributed by atoms with van der Waals surface area (Å²) >= 11 is 0. The van der Waals surface area contributed by atoms with Gasteiger partial charge in [0.15, 0.2) is 0 Å². The summed E-state index contributed by atoms with van der Waals surface area (Å²) in [5.41, 5.74) is 5.91. The maximum atomic E-state index is 5.52. The molecule has 1 saturated heterocycles. The molecule has 2 N–H and O–H groups in total. The van der Waals surface area contributed by atoms with Crippen molar-refractivity contribution < 1.29 is 4.74 Å². The highest BCUT2D eigenvalue weighted by atomic mass is 16.5. The van der Waals surface area contributed by atoms with E-state index in [-0.39, 0.29) is 0 Å². The van der Waals surface area contributed by atoms with Crippen LogP contribution in [0.25, 0.3) is 0 Å². The topological polar surface area (TPSA) is 38.5 Å². The molecule has 0 aromatic rings. The lowest BCUT2D eigenvalue weighted by Gasteiger charge is -2.24. The SMILES string of the molecule is COC[C@H]1CN(CCCN)CC1(C)C. The molecule has 0 aromatic heterocycles. The summed E-state index contributed by atoms with van der Waals surface area (Å²) in [6.45, 7) is 9.83. The lowest BCUT2D eigenvalue weighted by atomic mass is 9.83. The molecule has 1 aliphatic rings. The Morgan fingerprint density at radius 2 is 2.21 bits per heavy atom. The van der Waals surface area contributed by atoms with Crippen molar-refractivity contribution in [3.63, 3.8) is 0 Å². The van der Waals surface area contributed by atoms with E-state index in [9.17, 15) is 0 Å². The molecule has 84 valence electrons. The molecule has 1 aliphatic heterocycles. The molecule has 3 heteroatoms. The first-order chi connectivity index (χ1) is 6.60. The number of rotatable bonds is 5. The van der Waals surface area contributed by atoms with Crippen LogP contribution in [0.15, 0.2) is 0 Å². The molecule has 0 amide bonds. The minimum atomic E-state index is 0.393. The predicted octanol–water partition coefficient (Wildman–Crippen LogP) is 0.940. The van der Waals surface area contributed by atoms with Crippen LogP contribution in [0.2, 0.25) is 0 Å². The van der Waals surface area contributed by atoms with Crippen molar-refractivity contribution in [1.29, 1.82) is 0 Å². The van der Waals surface area contributed by atoms with Crippen LogP contribution in [0.3, 0.4) is 0 Å². The van der Waals surface area contributed by atoms with E-state index in [4.69, 9.17) is 10.5 Å². The molecule has 1 rings (SSSR count). The molecule has 3 nitrogen and oxygen atoms in total. The van der Waals surface area contributed by atoms with Crippen LogP contribution in [0, 0.1) is 11.3 Å². The van der Waals surface area contributed by atoms with Crippen LogP contribution in [-0.2, 0) is 4.74 Å². The second-order valence-electron chi connectivity index (χ2n) is 5.02. The highest BCUT2D eigenvalue weighted by molar-refractivity contribution is 4.90. The molecular formula is C11H24N2O. The molecule has 1 atom stereocenters. The number of methoxy groups -OCH3 is 1. The second-order valence-corrected chi connectivity index (χ2v) is 5.02. The molecule has 14 heavy (non-hydrogen) atoms. The zero-order valence-electron chi connectivity index (χ0n) is 9.75. The summed E-state index contributed by atoms with van der Waals surface area (Å²) in [5.74, 6) is 0.672. The van der Waals surface area contributed by atoms with Gasteiger partial charge in [0, 0.05) is 26.1 Å². The minimum Gasteiger partial charge on any atom is -0.384 e. The minimum absolute atomic E-state index is 0.393. The molecule has 1 heterocycles. The van der Waals surface area contributed by atoms with Crippen molar-refractivity contribution in [3.05, 3.63) is 0 Å². The molecule has 0 unspecified atom stereocenters. The van der Waals surface area contributed by atoms with Gasteiger partial charge in [-0.1, -0.05) is 13.8 Å². The smallest absolute Gasteiger partial charge is 0.0508 e. The summed E-state index contributed by atoms with van der Waals surface area (Å²) in [4.78, 5) is 2.51. The molecule has 0 saturated carbocycles. The van der Waals surface area contributed by atoms with E-state index in [1.807, 2.05) is 0 Å². The van der Waals surface area contributed by atoms with Gasteiger partial charge in [-0.3, -0.25) is 0 Å². The van der Waals surface area contributed by atoms with Gasteiger partial charge in [-0.15, -0.1) is 0 Å². The first-order valence-electron chi connectivity index (χ1n) is 5.51. The molecule has 1 fully saturated rings. The van der Waals surface area contributed by atoms with E-state index < -0.39 is 0 Å². The van der Waals surface area contributed by atoms with E-state index in [0.717, 1.165) is 26.1 Å². The zero-order valence-corrected chi connectivity index (χ0v) is 9.75. The van der Waals surface area contributed by atoms with Gasteiger partial charge in [0.1, 0.15) is 0 Å². The van der Waals surface area contributed by atoms with Gasteiger partial charge in [-0.25, -0.2) is 0 Å². The Bertz CT molecular complexity index is 171. The molecule has 0 radical (unpaired) electrons. The predicted molar refractivity (Wildman–Crippen MR) is 59.3 cm³/mol. The third kappa shape index (κ3) is 2.94. The maximum absolute atomic E-state index is 5.52. The van der Waals surface area contributed by atoms with Crippen molar-refractivity contribution >= 4 is 0 Å². The lowest BCUT2D eigenvalue weighted by Crippen LogP contribution is -2.26. The first kappa shape index (κ1) is 12.0. The fourth-order valence-electron chi connectivity index (χ4n) is 2.29. The quantitative estimate of drug-likeness (QED) is 0.718. The number of ether oxygens (including phenoxy) is 1. The average molecular weight is 200 g/mol. The summed E-state index contributed by atoms with van der Waals surface area (Å²) in [7, 11) is 1.79. The van der Waals surface area contributed by atoms with Crippen molar-refractivity contribution in [2.24, 2.45) is 17.1 Å². The Hall–Kier alpha value is -0.120. The van der Waals surface area contributed by atoms with Crippen LogP contribution in [0.4, 0.5) is 0 Å². The number of hydrogen-bond donors (Lipinski definition) is 1. The van der Waals surface area contributed by atoms with Gasteiger partial charge >= 0.3 is 0 Å². The average Bonchev–Trinajstić information content (AvgIpc) is 2.39. The van der Waals surface area contributed by atoms with Gasteiger partial charge < -0.3 is 15.4 Å². The Morgan fingerprint density at radius 3 is 2.79 bits per heavy atom. The van der Waals surface area contributed by atoms with E-state index in [2.05, 4.69) is 18.7 Å². The number of nitrogens with two attached hydrogens (primary N) is 1. The van der Waals surface area contributed by atoms with Gasteiger partial charge in [0.2, 0.25) is 0 Å². The summed E-state index contributed by atoms with van der Waals surface area (Å²) < 4.78 is 5.26. The lowest BCUT2D eigenvalue weighted by molar-refractivity contribution is 0.112. The fourth-order valence-corrected chi connectivity index (χ4v) is 2.29. The highest BCUT2D eigenvalue weighted by Gasteiger charge is 2.38. The maximum Gasteiger partial charge on any atom is 0.0508 e.